The third-order valence-corrected chi connectivity index (χ3v) is 10.1. The van der Waals surface area contributed by atoms with Crippen LogP contribution in [0.4, 0.5) is 20.6 Å². The van der Waals surface area contributed by atoms with Gasteiger partial charge >= 0.3 is 6.03 Å². The Morgan fingerprint density at radius 3 is 2.49 bits per heavy atom. The number of aromatic nitrogens is 1. The number of fused-ring (bicyclic) bond motifs is 1. The average molecular weight is 704 g/mol. The Bertz CT molecular complexity index is 1680. The zero-order chi connectivity index (χ0) is 35.9. The van der Waals surface area contributed by atoms with Crippen molar-refractivity contribution in [1.82, 2.24) is 15.0 Å². The van der Waals surface area contributed by atoms with Crippen molar-refractivity contribution in [1.29, 1.82) is 0 Å². The number of carbonyl (C=O) groups excluding carboxylic acids is 2. The fraction of sp³-hybridized carbons (Fsp3) is 0.500. The van der Waals surface area contributed by atoms with E-state index in [0.717, 1.165) is 12.8 Å². The summed E-state index contributed by atoms with van der Waals surface area (Å²) in [6, 6.07) is 8.92. The molecule has 13 nitrogen and oxygen atoms in total. The lowest BCUT2D eigenvalue weighted by Crippen LogP contribution is -2.48. The molecule has 1 aromatic heterocycles. The first-order valence-corrected chi connectivity index (χ1v) is 17.8. The zero-order valence-electron chi connectivity index (χ0n) is 28.7. The molecule has 0 fully saturated rings. The quantitative estimate of drug-likeness (QED) is 0.287. The summed E-state index contributed by atoms with van der Waals surface area (Å²) in [5, 5.41) is 16.7. The molecule has 268 valence electrons. The largest absolute Gasteiger partial charge is 0.490 e. The van der Waals surface area contributed by atoms with Gasteiger partial charge in [-0.2, -0.15) is 0 Å². The molecule has 0 saturated carbocycles. The second-order valence-electron chi connectivity index (χ2n) is 12.6. The number of aliphatic hydroxyl groups excluding tert-OH is 1. The van der Waals surface area contributed by atoms with Crippen LogP contribution in [0.5, 0.6) is 5.75 Å². The van der Waals surface area contributed by atoms with Crippen LogP contribution in [0.25, 0.3) is 0 Å². The van der Waals surface area contributed by atoms with E-state index in [1.807, 2.05) is 13.8 Å². The van der Waals surface area contributed by atoms with Crippen molar-refractivity contribution >= 4 is 33.3 Å². The van der Waals surface area contributed by atoms with Gasteiger partial charge in [0.15, 0.2) is 10.7 Å². The molecule has 2 aromatic carbocycles. The number of anilines is 2. The highest BCUT2D eigenvalue weighted by molar-refractivity contribution is 7.92. The second-order valence-corrected chi connectivity index (χ2v) is 14.2. The number of aryl methyl sites for hydroxylation is 2. The third kappa shape index (κ3) is 9.70. The first kappa shape index (κ1) is 37.6. The minimum absolute atomic E-state index is 0.0875. The molecule has 1 aliphatic rings. The maximum Gasteiger partial charge on any atom is 0.321 e. The number of urea groups is 1. The van der Waals surface area contributed by atoms with Gasteiger partial charge in [-0.15, -0.1) is 0 Å². The summed E-state index contributed by atoms with van der Waals surface area (Å²) in [4.78, 5) is 30.3. The summed E-state index contributed by atoms with van der Waals surface area (Å²) in [7, 11) is -2.48. The Morgan fingerprint density at radius 1 is 1.14 bits per heavy atom. The Kier molecular flexibility index (Phi) is 12.6. The van der Waals surface area contributed by atoms with Gasteiger partial charge in [0, 0.05) is 44.0 Å². The second kappa shape index (κ2) is 16.5. The minimum atomic E-state index is -4.11. The summed E-state index contributed by atoms with van der Waals surface area (Å²) >= 11 is 0. The zero-order valence-corrected chi connectivity index (χ0v) is 29.5. The highest BCUT2D eigenvalue weighted by Crippen LogP contribution is 2.30. The average Bonchev–Trinajstić information content (AvgIpc) is 3.41. The number of halogens is 1. The van der Waals surface area contributed by atoms with Crippen LogP contribution in [0.2, 0.25) is 0 Å². The Balaban J connectivity index is 1.63. The van der Waals surface area contributed by atoms with Crippen molar-refractivity contribution in [2.75, 3.05) is 43.4 Å². The van der Waals surface area contributed by atoms with E-state index in [1.165, 1.54) is 60.0 Å². The first-order valence-electron chi connectivity index (χ1n) is 16.3. The molecule has 49 heavy (non-hydrogen) atoms. The van der Waals surface area contributed by atoms with Gasteiger partial charge in [0.1, 0.15) is 17.3 Å². The Morgan fingerprint density at radius 2 is 1.84 bits per heavy atom. The van der Waals surface area contributed by atoms with Crippen LogP contribution in [-0.4, -0.2) is 92.0 Å². The van der Waals surface area contributed by atoms with Crippen molar-refractivity contribution in [3.05, 3.63) is 65.3 Å². The van der Waals surface area contributed by atoms with Gasteiger partial charge in [-0.05, 0) is 89.4 Å². The van der Waals surface area contributed by atoms with Gasteiger partial charge in [-0.25, -0.2) is 17.6 Å². The van der Waals surface area contributed by atoms with Crippen LogP contribution in [0, 0.1) is 25.6 Å². The molecule has 3 aromatic rings. The molecule has 3 amide bonds. The lowest BCUT2D eigenvalue weighted by Gasteiger charge is -2.35. The summed E-state index contributed by atoms with van der Waals surface area (Å²) < 4.78 is 60.1. The van der Waals surface area contributed by atoms with Gasteiger partial charge in [-0.1, -0.05) is 12.1 Å². The Labute approximate surface area is 286 Å². The SMILES string of the molecule is Cc1noc(C)c1S(=O)(=O)Nc1ccc2c(c1)C(=O)N([C@H](C)CO)C[C@H](C)[C@@H](CN(C)C(=O)Nc1ccc(F)cc1)OCCCC[C@@H](C)O2. The number of rotatable bonds is 8. The molecular formula is C34H46FN5O8S. The fourth-order valence-corrected chi connectivity index (χ4v) is 7.00. The smallest absolute Gasteiger partial charge is 0.321 e. The predicted octanol–water partition coefficient (Wildman–Crippen LogP) is 5.19. The number of hydrogen-bond acceptors (Lipinski definition) is 9. The topological polar surface area (TPSA) is 164 Å². The number of hydrogen-bond donors (Lipinski definition) is 3. The monoisotopic (exact) mass is 703 g/mol. The summed E-state index contributed by atoms with van der Waals surface area (Å²) in [5.74, 6) is -0.798. The molecule has 0 unspecified atom stereocenters. The Hall–Kier alpha value is -4.21. The molecule has 0 aliphatic carbocycles. The molecule has 4 atom stereocenters. The predicted molar refractivity (Wildman–Crippen MR) is 182 cm³/mol. The normalized spacial score (nSPS) is 20.0. The van der Waals surface area contributed by atoms with E-state index in [2.05, 4.69) is 15.2 Å². The van der Waals surface area contributed by atoms with E-state index in [-0.39, 0.29) is 65.1 Å². The van der Waals surface area contributed by atoms with Gasteiger partial charge < -0.3 is 34.2 Å². The maximum absolute atomic E-state index is 14.4. The molecule has 0 saturated heterocycles. The molecule has 4 rings (SSSR count). The number of likely N-dealkylation sites (N-methyl/N-ethyl adjacent to an activating group) is 1. The lowest BCUT2D eigenvalue weighted by molar-refractivity contribution is -0.0115. The number of sulfonamides is 1. The molecule has 15 heteroatoms. The highest BCUT2D eigenvalue weighted by atomic mass is 32.2. The van der Waals surface area contributed by atoms with E-state index in [9.17, 15) is 27.5 Å². The molecule has 1 aliphatic heterocycles. The van der Waals surface area contributed by atoms with Crippen molar-refractivity contribution in [3.8, 4) is 5.75 Å². The van der Waals surface area contributed by atoms with Gasteiger partial charge in [0.05, 0.1) is 30.4 Å². The number of nitrogens with one attached hydrogen (secondary N) is 2. The first-order chi connectivity index (χ1) is 23.2. The highest BCUT2D eigenvalue weighted by Gasteiger charge is 2.32. The summed E-state index contributed by atoms with van der Waals surface area (Å²) in [6.45, 7) is 8.94. The van der Waals surface area contributed by atoms with E-state index in [4.69, 9.17) is 14.0 Å². The molecule has 3 N–H and O–H groups in total. The van der Waals surface area contributed by atoms with E-state index >= 15 is 0 Å². The maximum atomic E-state index is 14.4. The van der Waals surface area contributed by atoms with E-state index in [0.29, 0.717) is 18.7 Å². The number of carbonyl (C=O) groups is 2. The van der Waals surface area contributed by atoms with Gasteiger partial charge in [0.2, 0.25) is 0 Å². The number of amides is 3. The van der Waals surface area contributed by atoms with E-state index in [1.54, 1.807) is 20.0 Å². The molecular weight excluding hydrogens is 657 g/mol. The molecule has 0 bridgehead atoms. The molecule has 2 heterocycles. The van der Waals surface area contributed by atoms with Crippen LogP contribution in [-0.2, 0) is 14.8 Å². The summed E-state index contributed by atoms with van der Waals surface area (Å²) in [5.41, 5.74) is 0.881. The van der Waals surface area contributed by atoms with Crippen molar-refractivity contribution < 1.29 is 41.5 Å². The van der Waals surface area contributed by atoms with Crippen molar-refractivity contribution in [2.45, 2.75) is 77.0 Å². The van der Waals surface area contributed by atoms with Crippen LogP contribution in [0.3, 0.4) is 0 Å². The van der Waals surface area contributed by atoms with Crippen molar-refractivity contribution in [2.24, 2.45) is 5.92 Å². The van der Waals surface area contributed by atoms with E-state index < -0.39 is 39.9 Å². The molecule has 0 spiro atoms. The van der Waals surface area contributed by atoms with Crippen LogP contribution >= 0.6 is 0 Å². The van der Waals surface area contributed by atoms with Crippen molar-refractivity contribution in [3.63, 3.8) is 0 Å². The minimum Gasteiger partial charge on any atom is -0.490 e. The van der Waals surface area contributed by atoms with Crippen LogP contribution in [0.15, 0.2) is 51.9 Å². The van der Waals surface area contributed by atoms with Gasteiger partial charge in [0.25, 0.3) is 15.9 Å². The summed E-state index contributed by atoms with van der Waals surface area (Å²) in [6.07, 6.45) is 1.39. The van der Waals surface area contributed by atoms with Crippen LogP contribution < -0.4 is 14.8 Å². The standard InChI is InChI=1S/C34H46FN5O8S/c1-21-18-40(22(2)20-41)33(42)29-17-28(38-49(44,45)32-24(4)37-48-25(32)5)14-15-30(29)47-23(3)9-7-8-16-46-31(21)19-39(6)34(43)36-27-12-10-26(35)11-13-27/h10-15,17,21-23,31,38,41H,7-9,16,18-20H2,1-6H3,(H,36,43)/t21-,22+,23+,31+/m0/s1. The van der Waals surface area contributed by atoms with Gasteiger partial charge in [-0.3, -0.25) is 9.52 Å². The number of aliphatic hydroxyl groups is 1. The number of nitrogens with zero attached hydrogens (tertiary/aromatic N) is 3. The molecule has 0 radical (unpaired) electrons. The number of benzene rings is 2. The third-order valence-electron chi connectivity index (χ3n) is 8.44. The van der Waals surface area contributed by atoms with Crippen LogP contribution in [0.1, 0.15) is 61.8 Å². The fourth-order valence-electron chi connectivity index (χ4n) is 5.62. The number of ether oxygens (including phenoxy) is 2. The lowest BCUT2D eigenvalue weighted by atomic mass is 10.0.